The standard InChI is InChI=1S/C11H25N2O3PS2/c1-7-10-12(5)17(14,18-11(4)8-2)13(9-3)19(6,15)16/h7,11H,1,8-10H2,2-6H3. The second-order valence-corrected chi connectivity index (χ2v) is 11.7. The largest absolute Gasteiger partial charge is 0.285 e. The van der Waals surface area contributed by atoms with E-state index in [9.17, 15) is 13.0 Å². The molecule has 0 aromatic heterocycles. The van der Waals surface area contributed by atoms with Crippen LogP contribution < -0.4 is 0 Å². The minimum atomic E-state index is -3.52. The number of sulfonamides is 1. The summed E-state index contributed by atoms with van der Waals surface area (Å²) in [6.45, 7) is 6.64. The molecule has 5 nitrogen and oxygen atoms in total. The Morgan fingerprint density at radius 3 is 2.26 bits per heavy atom. The molecule has 0 saturated carbocycles. The van der Waals surface area contributed by atoms with Crippen LogP contribution in [0.5, 0.6) is 0 Å². The van der Waals surface area contributed by atoms with Crippen molar-refractivity contribution < 1.29 is 13.0 Å². The van der Waals surface area contributed by atoms with Crippen LogP contribution in [-0.4, -0.2) is 48.8 Å². The molecule has 0 aromatic carbocycles. The van der Waals surface area contributed by atoms with Gasteiger partial charge in [0.2, 0.25) is 10.0 Å². The molecule has 0 rings (SSSR count). The molecule has 0 saturated heterocycles. The second kappa shape index (κ2) is 7.84. The number of hydrogen-bond acceptors (Lipinski definition) is 4. The minimum absolute atomic E-state index is 0.119. The van der Waals surface area contributed by atoms with Gasteiger partial charge in [0.15, 0.2) is 0 Å². The molecule has 0 aliphatic rings. The molecule has 8 heteroatoms. The Hall–Kier alpha value is 0.190. The fourth-order valence-corrected chi connectivity index (χ4v) is 10.4. The van der Waals surface area contributed by atoms with Crippen molar-refractivity contribution in [1.82, 2.24) is 8.75 Å². The first-order valence-corrected chi connectivity index (χ1v) is 11.2. The summed E-state index contributed by atoms with van der Waals surface area (Å²) in [7, 11) is -1.84. The average Bonchev–Trinajstić information content (AvgIpc) is 2.27. The summed E-state index contributed by atoms with van der Waals surface area (Å²) in [6.07, 6.45) is 3.56. The summed E-state index contributed by atoms with van der Waals surface area (Å²) in [4.78, 5) is 0. The third kappa shape index (κ3) is 5.23. The predicted octanol–water partition coefficient (Wildman–Crippen LogP) is 3.03. The maximum atomic E-state index is 13.2. The fourth-order valence-electron chi connectivity index (χ4n) is 1.50. The molecule has 0 amide bonds. The summed E-state index contributed by atoms with van der Waals surface area (Å²) in [5, 5.41) is 0.119. The van der Waals surface area contributed by atoms with Crippen LogP contribution in [0.1, 0.15) is 27.2 Å². The first-order valence-electron chi connectivity index (χ1n) is 6.22. The van der Waals surface area contributed by atoms with Crippen molar-refractivity contribution in [3.8, 4) is 0 Å². The first-order chi connectivity index (χ1) is 8.63. The summed E-state index contributed by atoms with van der Waals surface area (Å²) in [5.41, 5.74) is 0. The Kier molecular flexibility index (Phi) is 7.91. The van der Waals surface area contributed by atoms with Crippen molar-refractivity contribution in [2.75, 3.05) is 26.4 Å². The molecule has 2 atom stereocenters. The Morgan fingerprint density at radius 2 is 1.95 bits per heavy atom. The van der Waals surface area contributed by atoms with Gasteiger partial charge in [0.25, 0.3) is 6.65 Å². The highest BCUT2D eigenvalue weighted by Crippen LogP contribution is 2.66. The van der Waals surface area contributed by atoms with Crippen LogP contribution in [0.15, 0.2) is 12.7 Å². The SMILES string of the molecule is C=CCN(C)P(=O)(SC(C)CC)N(CC)S(C)(=O)=O. The lowest BCUT2D eigenvalue weighted by molar-refractivity contribution is 0.456. The topological polar surface area (TPSA) is 57.7 Å². The molecular formula is C11H25N2O3PS2. The van der Waals surface area contributed by atoms with Crippen molar-refractivity contribution >= 4 is 28.1 Å². The van der Waals surface area contributed by atoms with E-state index in [-0.39, 0.29) is 11.8 Å². The van der Waals surface area contributed by atoms with E-state index >= 15 is 0 Å². The molecule has 0 aliphatic heterocycles. The molecule has 0 heterocycles. The molecule has 2 unspecified atom stereocenters. The third-order valence-electron chi connectivity index (χ3n) is 2.65. The van der Waals surface area contributed by atoms with Gasteiger partial charge in [-0.2, -0.15) is 0 Å². The van der Waals surface area contributed by atoms with E-state index in [1.165, 1.54) is 11.4 Å². The lowest BCUT2D eigenvalue weighted by Crippen LogP contribution is -2.33. The van der Waals surface area contributed by atoms with Gasteiger partial charge in [0.1, 0.15) is 0 Å². The van der Waals surface area contributed by atoms with Gasteiger partial charge in [-0.3, -0.25) is 4.57 Å². The Labute approximate surface area is 121 Å². The van der Waals surface area contributed by atoms with E-state index < -0.39 is 16.7 Å². The maximum absolute atomic E-state index is 13.2. The molecule has 0 spiro atoms. The lowest BCUT2D eigenvalue weighted by Gasteiger charge is -2.35. The van der Waals surface area contributed by atoms with E-state index in [2.05, 4.69) is 6.58 Å². The zero-order valence-electron chi connectivity index (χ0n) is 12.4. The number of hydrogen-bond donors (Lipinski definition) is 0. The summed E-state index contributed by atoms with van der Waals surface area (Å²) in [5.74, 6) is 0. The summed E-state index contributed by atoms with van der Waals surface area (Å²) >= 11 is 1.24. The summed E-state index contributed by atoms with van der Waals surface area (Å²) < 4.78 is 39.7. The Morgan fingerprint density at radius 1 is 1.42 bits per heavy atom. The quantitative estimate of drug-likeness (QED) is 0.481. The van der Waals surface area contributed by atoms with Gasteiger partial charge in [-0.25, -0.2) is 13.1 Å². The van der Waals surface area contributed by atoms with Gasteiger partial charge >= 0.3 is 0 Å². The summed E-state index contributed by atoms with van der Waals surface area (Å²) in [6, 6.07) is 0. The van der Waals surface area contributed by atoms with Crippen LogP contribution in [0.25, 0.3) is 0 Å². The van der Waals surface area contributed by atoms with Crippen LogP contribution in [0.2, 0.25) is 0 Å². The third-order valence-corrected chi connectivity index (χ3v) is 11.7. The van der Waals surface area contributed by atoms with Crippen molar-refractivity contribution in [2.24, 2.45) is 0 Å². The van der Waals surface area contributed by atoms with Gasteiger partial charge in [-0.15, -0.1) is 10.7 Å². The van der Waals surface area contributed by atoms with Gasteiger partial charge in [-0.1, -0.05) is 38.2 Å². The molecule has 0 bridgehead atoms. The number of nitrogens with zero attached hydrogens (tertiary/aromatic N) is 2. The Balaban J connectivity index is 5.60. The molecule has 0 fully saturated rings. The van der Waals surface area contributed by atoms with E-state index in [1.807, 2.05) is 13.8 Å². The lowest BCUT2D eigenvalue weighted by atomic mass is 10.4. The normalized spacial score (nSPS) is 17.4. The molecule has 19 heavy (non-hydrogen) atoms. The van der Waals surface area contributed by atoms with Crippen LogP contribution in [0, 0.1) is 0 Å². The molecule has 0 aliphatic carbocycles. The van der Waals surface area contributed by atoms with E-state index in [4.69, 9.17) is 0 Å². The van der Waals surface area contributed by atoms with E-state index in [0.29, 0.717) is 6.54 Å². The number of likely N-dealkylation sites (N-methyl/N-ethyl adjacent to an activating group) is 1. The van der Waals surface area contributed by atoms with Gasteiger partial charge in [0, 0.05) is 18.3 Å². The predicted molar refractivity (Wildman–Crippen MR) is 85.0 cm³/mol. The molecular weight excluding hydrogens is 303 g/mol. The second-order valence-electron chi connectivity index (χ2n) is 4.35. The van der Waals surface area contributed by atoms with Crippen LogP contribution in [0.3, 0.4) is 0 Å². The highest BCUT2D eigenvalue weighted by atomic mass is 32.7. The smallest absolute Gasteiger partial charge is 0.275 e. The van der Waals surface area contributed by atoms with Gasteiger partial charge in [-0.05, 0) is 13.5 Å². The Bertz CT molecular complexity index is 439. The highest BCUT2D eigenvalue weighted by molar-refractivity contribution is 8.57. The zero-order valence-corrected chi connectivity index (χ0v) is 14.9. The van der Waals surface area contributed by atoms with Crippen LogP contribution in [0.4, 0.5) is 0 Å². The van der Waals surface area contributed by atoms with E-state index in [0.717, 1.165) is 16.8 Å². The number of rotatable bonds is 9. The monoisotopic (exact) mass is 328 g/mol. The van der Waals surface area contributed by atoms with Crippen LogP contribution >= 0.6 is 18.0 Å². The molecule has 114 valence electrons. The first kappa shape index (κ1) is 19.2. The zero-order chi connectivity index (χ0) is 15.3. The van der Waals surface area contributed by atoms with Crippen molar-refractivity contribution in [3.63, 3.8) is 0 Å². The highest BCUT2D eigenvalue weighted by Gasteiger charge is 2.41. The van der Waals surface area contributed by atoms with Crippen molar-refractivity contribution in [2.45, 2.75) is 32.4 Å². The van der Waals surface area contributed by atoms with E-state index in [1.54, 1.807) is 24.7 Å². The fraction of sp³-hybridized carbons (Fsp3) is 0.818. The van der Waals surface area contributed by atoms with Crippen LogP contribution in [-0.2, 0) is 14.6 Å². The van der Waals surface area contributed by atoms with Gasteiger partial charge < -0.3 is 0 Å². The maximum Gasteiger partial charge on any atom is 0.285 e. The molecule has 0 N–H and O–H groups in total. The molecule has 0 radical (unpaired) electrons. The van der Waals surface area contributed by atoms with Crippen molar-refractivity contribution in [3.05, 3.63) is 12.7 Å². The van der Waals surface area contributed by atoms with Gasteiger partial charge in [0.05, 0.1) is 6.26 Å². The minimum Gasteiger partial charge on any atom is -0.275 e. The average molecular weight is 328 g/mol. The van der Waals surface area contributed by atoms with Crippen molar-refractivity contribution in [1.29, 1.82) is 0 Å². The molecule has 0 aromatic rings.